The molecule has 0 spiro atoms. The van der Waals surface area contributed by atoms with Crippen LogP contribution in [0.3, 0.4) is 0 Å². The second-order valence-corrected chi connectivity index (χ2v) is 7.08. The number of anilines is 2. The van der Waals surface area contributed by atoms with Crippen molar-refractivity contribution in [3.8, 4) is 5.75 Å². The summed E-state index contributed by atoms with van der Waals surface area (Å²) in [5, 5.41) is 4.32. The summed E-state index contributed by atoms with van der Waals surface area (Å²) in [5.41, 5.74) is 7.54. The van der Waals surface area contributed by atoms with Gasteiger partial charge in [-0.25, -0.2) is 9.97 Å². The Kier molecular flexibility index (Phi) is 6.40. The number of rotatable bonds is 6. The normalized spacial score (nSPS) is 15.8. The van der Waals surface area contributed by atoms with Crippen LogP contribution in [0.25, 0.3) is 0 Å². The third kappa shape index (κ3) is 4.69. The summed E-state index contributed by atoms with van der Waals surface area (Å²) in [4.78, 5) is 10.5. The van der Waals surface area contributed by atoms with E-state index in [1.165, 1.54) is 11.9 Å². The van der Waals surface area contributed by atoms with Crippen LogP contribution < -0.4 is 15.8 Å². The molecule has 3 N–H and O–H groups in total. The highest BCUT2D eigenvalue weighted by atomic mass is 35.5. The number of benzene rings is 1. The average molecular weight is 396 g/mol. The van der Waals surface area contributed by atoms with E-state index >= 15 is 0 Å². The van der Waals surface area contributed by atoms with Crippen molar-refractivity contribution in [3.63, 3.8) is 0 Å². The van der Waals surface area contributed by atoms with Gasteiger partial charge in [0, 0.05) is 25.7 Å². The lowest BCUT2D eigenvalue weighted by atomic mass is 10.0. The second-order valence-electron chi connectivity index (χ2n) is 6.32. The quantitative estimate of drug-likeness (QED) is 0.723. The number of likely N-dealkylation sites (tertiary alicyclic amines) is 1. The molecule has 6 nitrogen and oxygen atoms in total. The molecule has 1 saturated heterocycles. The molecule has 0 atom stereocenters. The number of ether oxygens (including phenoxy) is 1. The maximum Gasteiger partial charge on any atom is 0.157 e. The molecule has 1 aliphatic heterocycles. The molecule has 26 heavy (non-hydrogen) atoms. The van der Waals surface area contributed by atoms with Crippen molar-refractivity contribution < 1.29 is 4.74 Å². The van der Waals surface area contributed by atoms with Gasteiger partial charge in [0.25, 0.3) is 0 Å². The molecular formula is C18H23Cl2N5O. The molecule has 8 heteroatoms. The summed E-state index contributed by atoms with van der Waals surface area (Å²) >= 11 is 12.1. The van der Waals surface area contributed by atoms with Crippen LogP contribution in [0.2, 0.25) is 10.2 Å². The minimum atomic E-state index is 0.285. The van der Waals surface area contributed by atoms with Gasteiger partial charge in [0.2, 0.25) is 0 Å². The number of piperidine rings is 1. The first-order chi connectivity index (χ1) is 12.6. The van der Waals surface area contributed by atoms with E-state index in [9.17, 15) is 0 Å². The van der Waals surface area contributed by atoms with Crippen LogP contribution in [0.4, 0.5) is 11.5 Å². The molecule has 1 fully saturated rings. The van der Waals surface area contributed by atoms with Crippen LogP contribution in [0, 0.1) is 0 Å². The number of nitrogens with two attached hydrogens (primary N) is 1. The zero-order valence-corrected chi connectivity index (χ0v) is 16.2. The van der Waals surface area contributed by atoms with Crippen molar-refractivity contribution in [2.24, 2.45) is 0 Å². The van der Waals surface area contributed by atoms with E-state index in [1.54, 1.807) is 0 Å². The Bertz CT molecular complexity index is 750. The molecule has 2 heterocycles. The van der Waals surface area contributed by atoms with Gasteiger partial charge in [0.05, 0.1) is 11.6 Å². The SMILES string of the molecule is CCOc1cc(CN2CCC(Nc3ncnc(Cl)c3N)CC2)ccc1Cl. The summed E-state index contributed by atoms with van der Waals surface area (Å²) < 4.78 is 5.58. The van der Waals surface area contributed by atoms with E-state index in [-0.39, 0.29) is 5.15 Å². The summed E-state index contributed by atoms with van der Waals surface area (Å²) in [6.45, 7) is 5.42. The van der Waals surface area contributed by atoms with Crippen molar-refractivity contribution in [1.82, 2.24) is 14.9 Å². The minimum absolute atomic E-state index is 0.285. The molecule has 140 valence electrons. The van der Waals surface area contributed by atoms with E-state index < -0.39 is 0 Å². The Hall–Kier alpha value is -1.76. The smallest absolute Gasteiger partial charge is 0.157 e. The summed E-state index contributed by atoms with van der Waals surface area (Å²) in [6.07, 6.45) is 3.44. The van der Waals surface area contributed by atoms with Gasteiger partial charge in [0.15, 0.2) is 11.0 Å². The molecule has 3 rings (SSSR count). The molecule has 0 amide bonds. The molecule has 0 saturated carbocycles. The van der Waals surface area contributed by atoms with Gasteiger partial charge in [-0.2, -0.15) is 0 Å². The van der Waals surface area contributed by atoms with Crippen LogP contribution in [-0.2, 0) is 6.54 Å². The summed E-state index contributed by atoms with van der Waals surface area (Å²) in [7, 11) is 0. The molecule has 0 aliphatic carbocycles. The predicted molar refractivity (Wildman–Crippen MR) is 106 cm³/mol. The summed E-state index contributed by atoms with van der Waals surface area (Å²) in [5.74, 6) is 1.36. The van der Waals surface area contributed by atoms with Crippen molar-refractivity contribution >= 4 is 34.7 Å². The van der Waals surface area contributed by atoms with Gasteiger partial charge in [-0.3, -0.25) is 4.90 Å². The maximum atomic E-state index is 6.16. The van der Waals surface area contributed by atoms with Crippen molar-refractivity contribution in [2.75, 3.05) is 30.7 Å². The zero-order chi connectivity index (χ0) is 18.5. The fraction of sp³-hybridized carbons (Fsp3) is 0.444. The van der Waals surface area contributed by atoms with Gasteiger partial charge < -0.3 is 15.8 Å². The topological polar surface area (TPSA) is 76.3 Å². The van der Waals surface area contributed by atoms with Crippen LogP contribution in [0.5, 0.6) is 5.75 Å². The van der Waals surface area contributed by atoms with Gasteiger partial charge in [-0.1, -0.05) is 29.3 Å². The van der Waals surface area contributed by atoms with E-state index in [0.717, 1.165) is 38.2 Å². The van der Waals surface area contributed by atoms with Crippen molar-refractivity contribution in [3.05, 3.63) is 40.3 Å². The largest absolute Gasteiger partial charge is 0.492 e. The lowest BCUT2D eigenvalue weighted by Crippen LogP contribution is -2.38. The number of nitrogen functional groups attached to an aromatic ring is 1. The van der Waals surface area contributed by atoms with Crippen LogP contribution in [-0.4, -0.2) is 40.6 Å². The fourth-order valence-electron chi connectivity index (χ4n) is 3.09. The highest BCUT2D eigenvalue weighted by Crippen LogP contribution is 2.28. The van der Waals surface area contributed by atoms with Crippen LogP contribution in [0.1, 0.15) is 25.3 Å². The molecule has 1 aromatic heterocycles. The molecule has 0 radical (unpaired) electrons. The average Bonchev–Trinajstić information content (AvgIpc) is 2.64. The zero-order valence-electron chi connectivity index (χ0n) is 14.7. The number of halogens is 2. The minimum Gasteiger partial charge on any atom is -0.492 e. The first-order valence-corrected chi connectivity index (χ1v) is 9.48. The summed E-state index contributed by atoms with van der Waals surface area (Å²) in [6, 6.07) is 6.31. The van der Waals surface area contributed by atoms with Crippen LogP contribution in [0.15, 0.2) is 24.5 Å². The second kappa shape index (κ2) is 8.75. The predicted octanol–water partition coefficient (Wildman–Crippen LogP) is 3.84. The molecular weight excluding hydrogens is 373 g/mol. The van der Waals surface area contributed by atoms with Gasteiger partial charge >= 0.3 is 0 Å². The molecule has 1 aliphatic rings. The third-order valence-corrected chi connectivity index (χ3v) is 5.08. The monoisotopic (exact) mass is 395 g/mol. The number of hydrogen-bond donors (Lipinski definition) is 2. The Morgan fingerprint density at radius 1 is 1.27 bits per heavy atom. The maximum absolute atomic E-state index is 6.16. The van der Waals surface area contributed by atoms with Gasteiger partial charge in [-0.15, -0.1) is 0 Å². The first kappa shape index (κ1) is 19.0. The number of hydrogen-bond acceptors (Lipinski definition) is 6. The van der Waals surface area contributed by atoms with E-state index in [1.807, 2.05) is 19.1 Å². The molecule has 1 aromatic carbocycles. The first-order valence-electron chi connectivity index (χ1n) is 8.73. The van der Waals surface area contributed by atoms with Crippen molar-refractivity contribution in [2.45, 2.75) is 32.4 Å². The highest BCUT2D eigenvalue weighted by molar-refractivity contribution is 6.32. The van der Waals surface area contributed by atoms with E-state index in [0.29, 0.717) is 29.2 Å². The fourth-order valence-corrected chi connectivity index (χ4v) is 3.39. The molecule has 0 unspecified atom stereocenters. The highest BCUT2D eigenvalue weighted by Gasteiger charge is 2.21. The lowest BCUT2D eigenvalue weighted by molar-refractivity contribution is 0.211. The van der Waals surface area contributed by atoms with Crippen molar-refractivity contribution in [1.29, 1.82) is 0 Å². The van der Waals surface area contributed by atoms with Gasteiger partial charge in [0.1, 0.15) is 17.8 Å². The number of aromatic nitrogens is 2. The Morgan fingerprint density at radius 3 is 2.77 bits per heavy atom. The molecule has 0 bridgehead atoms. The van der Waals surface area contributed by atoms with Crippen LogP contribution >= 0.6 is 23.2 Å². The van der Waals surface area contributed by atoms with Gasteiger partial charge in [-0.05, 0) is 37.5 Å². The Labute approximate surface area is 163 Å². The Balaban J connectivity index is 1.54. The molecule has 2 aromatic rings. The third-order valence-electron chi connectivity index (χ3n) is 4.47. The standard InChI is InChI=1S/C18H23Cl2N5O/c1-2-26-15-9-12(3-4-14(15)19)10-25-7-5-13(6-8-25)24-18-16(21)17(20)22-11-23-18/h3-4,9,11,13H,2,5-8,10,21H2,1H3,(H,22,23,24). The number of nitrogens with one attached hydrogen (secondary N) is 1. The van der Waals surface area contributed by atoms with E-state index in [2.05, 4.69) is 26.3 Å². The lowest BCUT2D eigenvalue weighted by Gasteiger charge is -2.32. The number of nitrogens with zero attached hydrogens (tertiary/aromatic N) is 3. The van der Waals surface area contributed by atoms with E-state index in [4.69, 9.17) is 33.7 Å². The Morgan fingerprint density at radius 2 is 2.04 bits per heavy atom.